The summed E-state index contributed by atoms with van der Waals surface area (Å²) in [5.74, 6) is -0.0321. The van der Waals surface area contributed by atoms with Gasteiger partial charge >= 0.3 is 0 Å². The monoisotopic (exact) mass is 308 g/mol. The highest BCUT2D eigenvalue weighted by atomic mass is 32.2. The standard InChI is InChI=1S/C13H16N4O3S/c1-10(21(2,19)20)13(18)14-8-12-16-15-9-17(12)11-6-4-3-5-7-11/h3-7,9-10H,8H2,1-2H3,(H,14,18)/t10-/m0/s1. The molecule has 1 amide bonds. The lowest BCUT2D eigenvalue weighted by atomic mass is 10.3. The van der Waals surface area contributed by atoms with Gasteiger partial charge in [-0.15, -0.1) is 10.2 Å². The van der Waals surface area contributed by atoms with E-state index in [1.807, 2.05) is 30.3 Å². The van der Waals surface area contributed by atoms with Gasteiger partial charge in [0.15, 0.2) is 15.7 Å². The lowest BCUT2D eigenvalue weighted by Crippen LogP contribution is -2.37. The van der Waals surface area contributed by atoms with Crippen LogP contribution in [0.15, 0.2) is 36.7 Å². The van der Waals surface area contributed by atoms with Gasteiger partial charge < -0.3 is 5.32 Å². The first kappa shape index (κ1) is 15.2. The summed E-state index contributed by atoms with van der Waals surface area (Å²) < 4.78 is 24.4. The SMILES string of the molecule is C[C@@H](C(=O)NCc1nncn1-c1ccccc1)S(C)(=O)=O. The lowest BCUT2D eigenvalue weighted by molar-refractivity contribution is -0.120. The molecule has 0 aliphatic heterocycles. The highest BCUT2D eigenvalue weighted by Crippen LogP contribution is 2.08. The van der Waals surface area contributed by atoms with Gasteiger partial charge in [0.25, 0.3) is 0 Å². The van der Waals surface area contributed by atoms with Crippen molar-refractivity contribution in [1.29, 1.82) is 0 Å². The van der Waals surface area contributed by atoms with E-state index in [2.05, 4.69) is 15.5 Å². The van der Waals surface area contributed by atoms with Crippen LogP contribution in [0.3, 0.4) is 0 Å². The number of carbonyl (C=O) groups excluding carboxylic acids is 1. The Morgan fingerprint density at radius 3 is 2.62 bits per heavy atom. The van der Waals surface area contributed by atoms with Crippen molar-refractivity contribution < 1.29 is 13.2 Å². The molecule has 0 fully saturated rings. The van der Waals surface area contributed by atoms with E-state index in [1.54, 1.807) is 4.57 Å². The number of nitrogens with one attached hydrogen (secondary N) is 1. The van der Waals surface area contributed by atoms with Gasteiger partial charge in [0.1, 0.15) is 11.6 Å². The van der Waals surface area contributed by atoms with Crippen LogP contribution < -0.4 is 5.32 Å². The fourth-order valence-electron chi connectivity index (χ4n) is 1.69. The molecule has 0 unspecified atom stereocenters. The van der Waals surface area contributed by atoms with Gasteiger partial charge in [0, 0.05) is 11.9 Å². The average Bonchev–Trinajstić information content (AvgIpc) is 2.92. The van der Waals surface area contributed by atoms with Crippen molar-refractivity contribution in [3.63, 3.8) is 0 Å². The number of aromatic nitrogens is 3. The van der Waals surface area contributed by atoms with Gasteiger partial charge in [-0.3, -0.25) is 9.36 Å². The Kier molecular flexibility index (Phi) is 4.37. The number of carbonyl (C=O) groups is 1. The van der Waals surface area contributed by atoms with E-state index in [0.717, 1.165) is 11.9 Å². The van der Waals surface area contributed by atoms with Gasteiger partial charge in [-0.2, -0.15) is 0 Å². The minimum absolute atomic E-state index is 0.105. The van der Waals surface area contributed by atoms with E-state index in [0.29, 0.717) is 5.82 Å². The molecular formula is C13H16N4O3S. The number of rotatable bonds is 5. The molecule has 21 heavy (non-hydrogen) atoms. The molecule has 0 bridgehead atoms. The smallest absolute Gasteiger partial charge is 0.238 e. The van der Waals surface area contributed by atoms with Crippen molar-refractivity contribution in [3.8, 4) is 5.69 Å². The maximum absolute atomic E-state index is 11.8. The van der Waals surface area contributed by atoms with Gasteiger partial charge in [-0.25, -0.2) is 8.42 Å². The molecule has 2 aromatic rings. The van der Waals surface area contributed by atoms with Crippen LogP contribution in [0.1, 0.15) is 12.7 Å². The van der Waals surface area contributed by atoms with E-state index >= 15 is 0 Å². The van der Waals surface area contributed by atoms with Crippen molar-refractivity contribution in [1.82, 2.24) is 20.1 Å². The minimum Gasteiger partial charge on any atom is -0.348 e. The van der Waals surface area contributed by atoms with E-state index in [1.165, 1.54) is 13.3 Å². The van der Waals surface area contributed by atoms with Crippen molar-refractivity contribution in [3.05, 3.63) is 42.5 Å². The lowest BCUT2D eigenvalue weighted by Gasteiger charge is -2.11. The highest BCUT2D eigenvalue weighted by Gasteiger charge is 2.23. The maximum Gasteiger partial charge on any atom is 0.238 e. The van der Waals surface area contributed by atoms with E-state index in [-0.39, 0.29) is 6.54 Å². The summed E-state index contributed by atoms with van der Waals surface area (Å²) in [6.07, 6.45) is 2.57. The summed E-state index contributed by atoms with van der Waals surface area (Å²) in [7, 11) is -3.41. The predicted molar refractivity (Wildman–Crippen MR) is 77.5 cm³/mol. The fourth-order valence-corrected chi connectivity index (χ4v) is 2.16. The number of para-hydroxylation sites is 1. The molecule has 0 saturated carbocycles. The summed E-state index contributed by atoms with van der Waals surface area (Å²) in [5.41, 5.74) is 0.864. The second-order valence-corrected chi connectivity index (χ2v) is 7.01. The molecule has 8 heteroatoms. The number of hydrogen-bond acceptors (Lipinski definition) is 5. The van der Waals surface area contributed by atoms with Crippen molar-refractivity contribution in [2.45, 2.75) is 18.7 Å². The van der Waals surface area contributed by atoms with Crippen molar-refractivity contribution in [2.24, 2.45) is 0 Å². The topological polar surface area (TPSA) is 93.9 Å². The number of amides is 1. The molecule has 1 heterocycles. The van der Waals surface area contributed by atoms with Gasteiger partial charge in [-0.1, -0.05) is 18.2 Å². The van der Waals surface area contributed by atoms with Crippen LogP contribution >= 0.6 is 0 Å². The molecule has 112 valence electrons. The third-order valence-electron chi connectivity index (χ3n) is 3.08. The Morgan fingerprint density at radius 1 is 1.33 bits per heavy atom. The third-order valence-corrected chi connectivity index (χ3v) is 4.58. The molecule has 0 radical (unpaired) electrons. The van der Waals surface area contributed by atoms with Crippen LogP contribution in [0.25, 0.3) is 5.69 Å². The molecule has 0 aliphatic carbocycles. The average molecular weight is 308 g/mol. The summed E-state index contributed by atoms with van der Waals surface area (Å²) in [4.78, 5) is 11.8. The summed E-state index contributed by atoms with van der Waals surface area (Å²) in [5, 5.41) is 9.22. The van der Waals surface area contributed by atoms with Gasteiger partial charge in [0.2, 0.25) is 5.91 Å². The molecule has 0 saturated heterocycles. The fraction of sp³-hybridized carbons (Fsp3) is 0.308. The normalized spacial score (nSPS) is 12.9. The van der Waals surface area contributed by atoms with Gasteiger partial charge in [-0.05, 0) is 19.1 Å². The van der Waals surface area contributed by atoms with Crippen LogP contribution in [0.4, 0.5) is 0 Å². The molecule has 2 rings (SSSR count). The number of nitrogens with zero attached hydrogens (tertiary/aromatic N) is 3. The molecule has 0 spiro atoms. The van der Waals surface area contributed by atoms with E-state index in [9.17, 15) is 13.2 Å². The first-order valence-corrected chi connectivity index (χ1v) is 8.26. The van der Waals surface area contributed by atoms with E-state index in [4.69, 9.17) is 0 Å². The quantitative estimate of drug-likeness (QED) is 0.858. The van der Waals surface area contributed by atoms with Gasteiger partial charge in [0.05, 0.1) is 6.54 Å². The molecule has 1 aromatic carbocycles. The van der Waals surface area contributed by atoms with E-state index < -0.39 is 21.0 Å². The number of benzene rings is 1. The molecule has 1 N–H and O–H groups in total. The van der Waals surface area contributed by atoms with Crippen LogP contribution in [0, 0.1) is 0 Å². The predicted octanol–water partition coefficient (Wildman–Crippen LogP) is 0.317. The van der Waals surface area contributed by atoms with Crippen molar-refractivity contribution in [2.75, 3.05) is 6.26 Å². The maximum atomic E-state index is 11.8. The Hall–Kier alpha value is -2.22. The first-order chi connectivity index (χ1) is 9.89. The van der Waals surface area contributed by atoms with Crippen LogP contribution in [0.2, 0.25) is 0 Å². The first-order valence-electron chi connectivity index (χ1n) is 6.30. The summed E-state index contributed by atoms with van der Waals surface area (Å²) in [6, 6.07) is 9.41. The molecular weight excluding hydrogens is 292 g/mol. The largest absolute Gasteiger partial charge is 0.348 e. The highest BCUT2D eigenvalue weighted by molar-refractivity contribution is 7.92. The zero-order chi connectivity index (χ0) is 15.5. The number of hydrogen-bond donors (Lipinski definition) is 1. The zero-order valence-electron chi connectivity index (χ0n) is 11.7. The van der Waals surface area contributed by atoms with Crippen LogP contribution in [0.5, 0.6) is 0 Å². The summed E-state index contributed by atoms with van der Waals surface area (Å²) in [6.45, 7) is 1.46. The van der Waals surface area contributed by atoms with Crippen LogP contribution in [-0.4, -0.2) is 40.6 Å². The Bertz CT molecular complexity index is 725. The second-order valence-electron chi connectivity index (χ2n) is 4.64. The molecule has 0 aliphatic rings. The molecule has 1 atom stereocenters. The Morgan fingerprint density at radius 2 is 2.00 bits per heavy atom. The Labute approximate surface area is 122 Å². The number of sulfone groups is 1. The Balaban J connectivity index is 2.09. The minimum atomic E-state index is -3.41. The van der Waals surface area contributed by atoms with Crippen molar-refractivity contribution >= 4 is 15.7 Å². The molecule has 1 aromatic heterocycles. The second kappa shape index (κ2) is 6.04. The molecule has 7 nitrogen and oxygen atoms in total. The zero-order valence-corrected chi connectivity index (χ0v) is 12.5. The summed E-state index contributed by atoms with van der Waals surface area (Å²) >= 11 is 0. The van der Waals surface area contributed by atoms with Crippen LogP contribution in [-0.2, 0) is 21.2 Å². The third kappa shape index (κ3) is 3.66.